The first-order chi connectivity index (χ1) is 29.7. The van der Waals surface area contributed by atoms with E-state index in [0.29, 0.717) is 48.8 Å². The molecule has 16 heteroatoms. The van der Waals surface area contributed by atoms with Gasteiger partial charge in [-0.25, -0.2) is 19.9 Å². The van der Waals surface area contributed by atoms with Crippen LogP contribution < -0.4 is 21.3 Å². The molecule has 4 saturated heterocycles. The monoisotopic (exact) mass is 827 g/mol. The molecule has 5 fully saturated rings. The van der Waals surface area contributed by atoms with Crippen molar-refractivity contribution in [2.45, 2.75) is 81.6 Å². The summed E-state index contributed by atoms with van der Waals surface area (Å²) in [5.41, 5.74) is 11.5. The molecular weight excluding hydrogens is 775 g/mol. The Morgan fingerprint density at radius 2 is 1.79 bits per heavy atom. The molecule has 1 aliphatic carbocycles. The summed E-state index contributed by atoms with van der Waals surface area (Å²) >= 11 is 0. The Hall–Kier alpha value is -6.03. The molecule has 2 aromatic carbocycles. The predicted molar refractivity (Wildman–Crippen MR) is 230 cm³/mol. The van der Waals surface area contributed by atoms with E-state index in [-0.39, 0.29) is 29.6 Å². The molecule has 0 bridgehead atoms. The predicted octanol–water partition coefficient (Wildman–Crippen LogP) is 5.56. The van der Waals surface area contributed by atoms with Crippen molar-refractivity contribution in [1.29, 1.82) is 0 Å². The standard InChI is InChI=1S/C45H53N11O5/c1-53-19-20-56(45(53)60)31-3-2-16-55(25-31)36-23-48-40(42(46)58)43(50-36)49-30-8-6-27(7-9-30)28-13-17-54(18-14-28)24-26-4-5-29(21-26)34-22-35-32(12-15-47-35)38-39(52-61-41(34)38)33-10-11-37(57)51-44(33)59/h6-9,12,15,22-23,26,28-29,31,33,52H,2-5,10-11,13-14,16-21,24-25H2,1H3,(H2,46,58)(H,49,50)(H,51,57,59)/t26-,29?,31-,33?/m1/s1. The van der Waals surface area contributed by atoms with E-state index in [2.05, 4.69) is 53.8 Å². The third-order valence-corrected chi connectivity index (χ3v) is 14.0. The van der Waals surface area contributed by atoms with Gasteiger partial charge in [-0.15, -0.1) is 0 Å². The maximum atomic E-state index is 12.9. The zero-order valence-electron chi connectivity index (χ0n) is 34.6. The van der Waals surface area contributed by atoms with Crippen molar-refractivity contribution in [1.82, 2.24) is 40.1 Å². The van der Waals surface area contributed by atoms with E-state index < -0.39 is 11.8 Å². The number of hydrogen-bond donors (Lipinski definition) is 4. The van der Waals surface area contributed by atoms with Crippen LogP contribution in [-0.2, 0) is 9.59 Å². The number of rotatable bonds is 10. The zero-order valence-corrected chi connectivity index (χ0v) is 34.6. The van der Waals surface area contributed by atoms with E-state index in [9.17, 15) is 19.2 Å². The summed E-state index contributed by atoms with van der Waals surface area (Å²) in [6, 6.07) is 12.7. The quantitative estimate of drug-likeness (QED) is 0.129. The maximum Gasteiger partial charge on any atom is 0.320 e. The highest BCUT2D eigenvalue weighted by Crippen LogP contribution is 2.45. The molecule has 5 aliphatic rings. The first-order valence-electron chi connectivity index (χ1n) is 21.9. The molecule has 7 heterocycles. The number of nitrogens with two attached hydrogens (primary N) is 1. The molecule has 4 aliphatic heterocycles. The van der Waals surface area contributed by atoms with Crippen molar-refractivity contribution in [3.05, 3.63) is 71.3 Å². The molecule has 4 atom stereocenters. The van der Waals surface area contributed by atoms with Crippen LogP contribution in [0.3, 0.4) is 0 Å². The molecule has 0 radical (unpaired) electrons. The molecule has 0 spiro atoms. The van der Waals surface area contributed by atoms with Crippen LogP contribution in [0.25, 0.3) is 21.9 Å². The minimum atomic E-state index is -0.647. The number of hydrogen-bond acceptors (Lipinski definition) is 11. The number of carbonyl (C=O) groups excluding carboxylic acids is 4. The van der Waals surface area contributed by atoms with Crippen LogP contribution in [-0.4, -0.2) is 117 Å². The summed E-state index contributed by atoms with van der Waals surface area (Å²) < 4.78 is 6.17. The minimum absolute atomic E-state index is 0.0695. The summed E-state index contributed by atoms with van der Waals surface area (Å²) in [4.78, 5) is 72.3. The van der Waals surface area contributed by atoms with Crippen LogP contribution in [0, 0.1) is 5.92 Å². The Labute approximate surface area is 353 Å². The average Bonchev–Trinajstić information content (AvgIpc) is 4.09. The van der Waals surface area contributed by atoms with Gasteiger partial charge in [-0.05, 0) is 112 Å². The number of fused-ring (bicyclic) bond motifs is 3. The Morgan fingerprint density at radius 3 is 2.56 bits per heavy atom. The van der Waals surface area contributed by atoms with Gasteiger partial charge in [-0.2, -0.15) is 0 Å². The van der Waals surface area contributed by atoms with Gasteiger partial charge in [-0.1, -0.05) is 12.1 Å². The lowest BCUT2D eigenvalue weighted by Crippen LogP contribution is -2.49. The molecule has 1 saturated carbocycles. The van der Waals surface area contributed by atoms with E-state index in [4.69, 9.17) is 15.2 Å². The Kier molecular flexibility index (Phi) is 10.3. The second-order valence-electron chi connectivity index (χ2n) is 17.8. The summed E-state index contributed by atoms with van der Waals surface area (Å²) in [7, 11) is 1.84. The van der Waals surface area contributed by atoms with Gasteiger partial charge in [0.2, 0.25) is 11.8 Å². The normalized spacial score (nSPS) is 24.3. The number of amides is 5. The molecule has 3 aromatic heterocycles. The molecule has 61 heavy (non-hydrogen) atoms. The number of aromatic nitrogens is 4. The van der Waals surface area contributed by atoms with E-state index in [1.54, 1.807) is 11.1 Å². The molecule has 10 rings (SSSR count). The molecular formula is C45H53N11O5. The highest BCUT2D eigenvalue weighted by molar-refractivity contribution is 6.10. The number of primary amides is 1. The number of nitrogens with one attached hydrogen (secondary N) is 3. The number of likely N-dealkylation sites (N-methyl/N-ethyl adjacent to an activating group) is 1. The fourth-order valence-electron chi connectivity index (χ4n) is 10.7. The van der Waals surface area contributed by atoms with Crippen LogP contribution in [0.5, 0.6) is 0 Å². The lowest BCUT2D eigenvalue weighted by Gasteiger charge is -2.37. The SMILES string of the molecule is CN1CCN([C@@H]2CCCN(c3cnc(C(N)=O)c(Nc4ccc(C5CCN(C[C@@H]6CCC(c7cc8nccc8c8c(C9CCC(=O)NC9=O)[nH]oc78)C6)CC5)cc4)n3)C2)C1=O. The zero-order chi connectivity index (χ0) is 41.8. The molecule has 318 valence electrons. The van der Waals surface area contributed by atoms with Crippen LogP contribution in [0.1, 0.15) is 103 Å². The number of piperidine rings is 3. The fourth-order valence-corrected chi connectivity index (χ4v) is 10.7. The number of likely N-dealkylation sites (tertiary alicyclic amines) is 1. The number of imide groups is 1. The van der Waals surface area contributed by atoms with Crippen LogP contribution in [0.4, 0.5) is 22.1 Å². The summed E-state index contributed by atoms with van der Waals surface area (Å²) in [5.74, 6) is 0.735. The Balaban J connectivity index is 0.754. The first kappa shape index (κ1) is 39.1. The van der Waals surface area contributed by atoms with E-state index in [1.165, 1.54) is 5.56 Å². The van der Waals surface area contributed by atoms with Gasteiger partial charge in [-0.3, -0.25) is 24.7 Å². The van der Waals surface area contributed by atoms with E-state index in [0.717, 1.165) is 123 Å². The minimum Gasteiger partial charge on any atom is -0.381 e. The number of carbonyl (C=O) groups is 4. The number of benzene rings is 2. The van der Waals surface area contributed by atoms with Gasteiger partial charge in [0.05, 0.1) is 34.8 Å². The lowest BCUT2D eigenvalue weighted by atomic mass is 9.88. The smallest absolute Gasteiger partial charge is 0.320 e. The van der Waals surface area contributed by atoms with Gasteiger partial charge < -0.3 is 35.2 Å². The van der Waals surface area contributed by atoms with E-state index >= 15 is 0 Å². The van der Waals surface area contributed by atoms with Gasteiger partial charge >= 0.3 is 6.03 Å². The largest absolute Gasteiger partial charge is 0.381 e. The van der Waals surface area contributed by atoms with Crippen molar-refractivity contribution >= 4 is 62.9 Å². The molecule has 5 N–H and O–H groups in total. The Morgan fingerprint density at radius 1 is 0.951 bits per heavy atom. The van der Waals surface area contributed by atoms with Crippen molar-refractivity contribution in [3.8, 4) is 0 Å². The average molecular weight is 828 g/mol. The van der Waals surface area contributed by atoms with Gasteiger partial charge in [0.15, 0.2) is 17.1 Å². The highest BCUT2D eigenvalue weighted by atomic mass is 16.5. The summed E-state index contributed by atoms with van der Waals surface area (Å²) in [6.07, 6.45) is 11.5. The fraction of sp³-hybridized carbons (Fsp3) is 0.489. The van der Waals surface area contributed by atoms with Crippen LogP contribution in [0.2, 0.25) is 0 Å². The number of nitrogens with zero attached hydrogens (tertiary/aromatic N) is 7. The van der Waals surface area contributed by atoms with Crippen molar-refractivity contribution < 1.29 is 23.7 Å². The van der Waals surface area contributed by atoms with Crippen LogP contribution >= 0.6 is 0 Å². The van der Waals surface area contributed by atoms with E-state index in [1.807, 2.05) is 36.3 Å². The van der Waals surface area contributed by atoms with Crippen LogP contribution in [0.15, 0.2) is 53.3 Å². The molecule has 5 aromatic rings. The second kappa shape index (κ2) is 16.1. The molecule has 16 nitrogen and oxygen atoms in total. The van der Waals surface area contributed by atoms with Gasteiger partial charge in [0.25, 0.3) is 5.91 Å². The van der Waals surface area contributed by atoms with Crippen molar-refractivity contribution in [2.24, 2.45) is 11.7 Å². The topological polar surface area (TPSA) is 199 Å². The number of H-pyrrole nitrogens is 1. The van der Waals surface area contributed by atoms with Crippen molar-refractivity contribution in [3.63, 3.8) is 0 Å². The Bertz CT molecular complexity index is 2490. The summed E-state index contributed by atoms with van der Waals surface area (Å²) in [5, 5.41) is 10.8. The van der Waals surface area contributed by atoms with Gasteiger partial charge in [0, 0.05) is 69.0 Å². The number of aromatic amines is 1. The summed E-state index contributed by atoms with van der Waals surface area (Å²) in [6.45, 7) is 6.09. The first-order valence-corrected chi connectivity index (χ1v) is 21.9. The molecule has 5 amide bonds. The highest BCUT2D eigenvalue weighted by Gasteiger charge is 2.37. The number of anilines is 3. The molecule has 2 unspecified atom stereocenters. The third kappa shape index (κ3) is 7.55. The van der Waals surface area contributed by atoms with Gasteiger partial charge in [0.1, 0.15) is 5.82 Å². The lowest BCUT2D eigenvalue weighted by molar-refractivity contribution is -0.134. The van der Waals surface area contributed by atoms with Crippen molar-refractivity contribution in [2.75, 3.05) is 63.1 Å². The maximum absolute atomic E-state index is 12.9. The third-order valence-electron chi connectivity index (χ3n) is 14.0. The number of urea groups is 1. The second-order valence-corrected chi connectivity index (χ2v) is 17.8.